The number of hydrogen-bond acceptors (Lipinski definition) is 6. The Kier molecular flexibility index (Phi) is 5.84. The third kappa shape index (κ3) is 4.30. The highest BCUT2D eigenvalue weighted by Crippen LogP contribution is 2.35. The summed E-state index contributed by atoms with van der Waals surface area (Å²) in [7, 11) is 0. The van der Waals surface area contributed by atoms with E-state index in [4.69, 9.17) is 4.74 Å². The van der Waals surface area contributed by atoms with Crippen molar-refractivity contribution in [3.63, 3.8) is 0 Å². The molecule has 0 unspecified atom stereocenters. The van der Waals surface area contributed by atoms with Crippen LogP contribution in [-0.2, 0) is 4.74 Å². The normalized spacial score (nSPS) is 14.1. The van der Waals surface area contributed by atoms with Crippen LogP contribution in [0.1, 0.15) is 26.8 Å². The van der Waals surface area contributed by atoms with Gasteiger partial charge in [-0.2, -0.15) is 0 Å². The van der Waals surface area contributed by atoms with Crippen molar-refractivity contribution in [2.24, 2.45) is 0 Å². The van der Waals surface area contributed by atoms with Crippen LogP contribution in [0.4, 0.5) is 9.18 Å². The zero-order valence-electron chi connectivity index (χ0n) is 17.2. The molecule has 0 saturated carbocycles. The molecule has 3 aromatic rings. The first-order valence-corrected chi connectivity index (χ1v) is 9.39. The summed E-state index contributed by atoms with van der Waals surface area (Å²) in [6.07, 6.45) is 4.57. The van der Waals surface area contributed by atoms with Gasteiger partial charge >= 0.3 is 6.09 Å². The molecule has 0 spiro atoms. The molecule has 1 fully saturated rings. The van der Waals surface area contributed by atoms with Crippen molar-refractivity contribution in [1.82, 2.24) is 30.6 Å². The van der Waals surface area contributed by atoms with E-state index in [9.17, 15) is 9.18 Å². The first-order chi connectivity index (χ1) is 13.8. The number of imidazole rings is 1. The van der Waals surface area contributed by atoms with Crippen LogP contribution in [0.3, 0.4) is 0 Å². The standard InChI is InChI=1S/C21H22FN5O2.H3N/c1-21(2,3)29-20(28)26-10-16(11-26)27-13-25-18(14-4-6-15(22)7-5-14)19(27)17-8-9-23-12-24-17;/h4-9,12-13,16H,10-11H2,1-3H3;1H3. The van der Waals surface area contributed by atoms with Crippen molar-refractivity contribution in [2.45, 2.75) is 32.4 Å². The van der Waals surface area contributed by atoms with Gasteiger partial charge < -0.3 is 20.4 Å². The Labute approximate surface area is 174 Å². The zero-order chi connectivity index (χ0) is 20.6. The summed E-state index contributed by atoms with van der Waals surface area (Å²) in [5, 5.41) is 0. The number of likely N-dealkylation sites (tertiary alicyclic amines) is 1. The van der Waals surface area contributed by atoms with Crippen molar-refractivity contribution in [2.75, 3.05) is 13.1 Å². The molecule has 4 rings (SSSR count). The Balaban J connectivity index is 0.00000256. The van der Waals surface area contributed by atoms with Gasteiger partial charge in [-0.15, -0.1) is 0 Å². The lowest BCUT2D eigenvalue weighted by Crippen LogP contribution is -2.52. The van der Waals surface area contributed by atoms with Crippen molar-refractivity contribution < 1.29 is 13.9 Å². The molecule has 8 nitrogen and oxygen atoms in total. The molecule has 9 heteroatoms. The fourth-order valence-corrected chi connectivity index (χ4v) is 3.25. The van der Waals surface area contributed by atoms with Crippen LogP contribution < -0.4 is 6.15 Å². The predicted molar refractivity (Wildman–Crippen MR) is 111 cm³/mol. The van der Waals surface area contributed by atoms with E-state index in [-0.39, 0.29) is 24.1 Å². The molecule has 1 aliphatic rings. The summed E-state index contributed by atoms with van der Waals surface area (Å²) < 4.78 is 20.8. The maximum absolute atomic E-state index is 13.4. The number of carbonyl (C=O) groups is 1. The van der Waals surface area contributed by atoms with Gasteiger partial charge in [-0.25, -0.2) is 24.1 Å². The van der Waals surface area contributed by atoms with Crippen LogP contribution in [0, 0.1) is 5.82 Å². The van der Waals surface area contributed by atoms with E-state index in [0.717, 1.165) is 11.3 Å². The van der Waals surface area contributed by atoms with Crippen molar-refractivity contribution >= 4 is 6.09 Å². The number of nitrogens with zero attached hydrogens (tertiary/aromatic N) is 5. The van der Waals surface area contributed by atoms with Crippen molar-refractivity contribution in [3.8, 4) is 22.6 Å². The summed E-state index contributed by atoms with van der Waals surface area (Å²) in [4.78, 5) is 26.9. The Morgan fingerprint density at radius 3 is 2.43 bits per heavy atom. The monoisotopic (exact) mass is 412 g/mol. The molecule has 1 aliphatic heterocycles. The van der Waals surface area contributed by atoms with Gasteiger partial charge in [0, 0.05) is 24.8 Å². The van der Waals surface area contributed by atoms with Crippen molar-refractivity contribution in [3.05, 3.63) is 55.0 Å². The molecule has 3 heterocycles. The van der Waals surface area contributed by atoms with Gasteiger partial charge in [0.2, 0.25) is 0 Å². The second-order valence-electron chi connectivity index (χ2n) is 7.99. The molecule has 0 radical (unpaired) electrons. The second kappa shape index (κ2) is 8.19. The number of halogens is 1. The highest BCUT2D eigenvalue weighted by Gasteiger charge is 2.36. The lowest BCUT2D eigenvalue weighted by molar-refractivity contribution is 0.00123. The number of hydrogen-bond donors (Lipinski definition) is 1. The maximum atomic E-state index is 13.4. The molecule has 1 saturated heterocycles. The third-order valence-electron chi connectivity index (χ3n) is 4.64. The van der Waals surface area contributed by atoms with E-state index < -0.39 is 5.60 Å². The number of aromatic nitrogens is 4. The Morgan fingerprint density at radius 2 is 1.83 bits per heavy atom. The average Bonchev–Trinajstić information content (AvgIpc) is 3.05. The molecule has 30 heavy (non-hydrogen) atoms. The first-order valence-electron chi connectivity index (χ1n) is 9.39. The predicted octanol–water partition coefficient (Wildman–Crippen LogP) is 4.10. The SMILES string of the molecule is CC(C)(C)OC(=O)N1CC(n2cnc(-c3ccc(F)cc3)c2-c2ccncn2)C1.N. The molecule has 0 atom stereocenters. The van der Waals surface area contributed by atoms with Gasteiger partial charge in [0.1, 0.15) is 17.7 Å². The minimum Gasteiger partial charge on any atom is -0.444 e. The molecule has 1 amide bonds. The van der Waals surface area contributed by atoms with Gasteiger partial charge in [-0.05, 0) is 51.1 Å². The summed E-state index contributed by atoms with van der Waals surface area (Å²) in [6, 6.07) is 8.07. The van der Waals surface area contributed by atoms with Gasteiger partial charge in [0.25, 0.3) is 0 Å². The lowest BCUT2D eigenvalue weighted by atomic mass is 10.1. The van der Waals surface area contributed by atoms with E-state index in [1.54, 1.807) is 29.6 Å². The summed E-state index contributed by atoms with van der Waals surface area (Å²) >= 11 is 0. The van der Waals surface area contributed by atoms with Gasteiger partial charge in [0.05, 0.1) is 29.5 Å². The van der Waals surface area contributed by atoms with Crippen LogP contribution in [-0.4, -0.2) is 49.2 Å². The molecular weight excluding hydrogens is 387 g/mol. The smallest absolute Gasteiger partial charge is 0.410 e. The molecule has 0 aliphatic carbocycles. The van der Waals surface area contributed by atoms with Crippen LogP contribution >= 0.6 is 0 Å². The van der Waals surface area contributed by atoms with Gasteiger partial charge in [-0.3, -0.25) is 0 Å². The summed E-state index contributed by atoms with van der Waals surface area (Å²) in [5.74, 6) is -0.302. The Bertz CT molecular complexity index is 1010. The molecule has 2 aromatic heterocycles. The highest BCUT2D eigenvalue weighted by molar-refractivity contribution is 5.77. The molecule has 158 valence electrons. The average molecular weight is 412 g/mol. The Hall–Kier alpha value is -3.33. The second-order valence-corrected chi connectivity index (χ2v) is 7.99. The van der Waals surface area contributed by atoms with Crippen LogP contribution in [0.15, 0.2) is 49.2 Å². The molecule has 1 aromatic carbocycles. The topological polar surface area (TPSA) is 108 Å². The summed E-state index contributed by atoms with van der Waals surface area (Å²) in [6.45, 7) is 6.58. The van der Waals surface area contributed by atoms with Crippen LogP contribution in [0.5, 0.6) is 0 Å². The van der Waals surface area contributed by atoms with E-state index in [0.29, 0.717) is 24.5 Å². The Morgan fingerprint density at radius 1 is 1.13 bits per heavy atom. The zero-order valence-corrected chi connectivity index (χ0v) is 17.2. The maximum Gasteiger partial charge on any atom is 0.410 e. The number of amides is 1. The number of carbonyl (C=O) groups excluding carboxylic acids is 1. The quantitative estimate of drug-likeness (QED) is 0.694. The third-order valence-corrected chi connectivity index (χ3v) is 4.64. The van der Waals surface area contributed by atoms with Crippen LogP contribution in [0.25, 0.3) is 22.6 Å². The highest BCUT2D eigenvalue weighted by atomic mass is 19.1. The lowest BCUT2D eigenvalue weighted by Gasteiger charge is -2.40. The van der Waals surface area contributed by atoms with Gasteiger partial charge in [0.15, 0.2) is 0 Å². The molecular formula is C21H25FN6O2. The van der Waals surface area contributed by atoms with Crippen LogP contribution in [0.2, 0.25) is 0 Å². The first kappa shape index (κ1) is 21.4. The minimum absolute atomic E-state index is 0. The molecule has 0 bridgehead atoms. The van der Waals surface area contributed by atoms with E-state index in [1.165, 1.54) is 18.5 Å². The van der Waals surface area contributed by atoms with E-state index >= 15 is 0 Å². The fourth-order valence-electron chi connectivity index (χ4n) is 3.25. The minimum atomic E-state index is -0.529. The van der Waals surface area contributed by atoms with Crippen molar-refractivity contribution in [1.29, 1.82) is 0 Å². The molecule has 3 N–H and O–H groups in total. The van der Waals surface area contributed by atoms with E-state index in [1.807, 2.05) is 31.4 Å². The number of benzene rings is 1. The van der Waals surface area contributed by atoms with Gasteiger partial charge in [-0.1, -0.05) is 0 Å². The van der Waals surface area contributed by atoms with E-state index in [2.05, 4.69) is 15.0 Å². The number of rotatable bonds is 3. The fraction of sp³-hybridized carbons (Fsp3) is 0.333. The summed E-state index contributed by atoms with van der Waals surface area (Å²) in [5.41, 5.74) is 2.50. The largest absolute Gasteiger partial charge is 0.444 e. The number of ether oxygens (including phenoxy) is 1.